The molecule has 0 aliphatic carbocycles. The fraction of sp³-hybridized carbons (Fsp3) is 0.588. The maximum absolute atomic E-state index is 5.61. The smallest absolute Gasteiger partial charge is 0.193 e. The maximum atomic E-state index is 5.61. The van der Waals surface area contributed by atoms with Crippen molar-refractivity contribution >= 4 is 5.96 Å². The molecule has 2 heterocycles. The highest BCUT2D eigenvalue weighted by Gasteiger charge is 2.36. The summed E-state index contributed by atoms with van der Waals surface area (Å²) in [6, 6.07) is 8.77. The molecule has 0 aromatic heterocycles. The van der Waals surface area contributed by atoms with Crippen LogP contribution in [0.3, 0.4) is 0 Å². The summed E-state index contributed by atoms with van der Waals surface area (Å²) < 4.78 is 5.61. The first-order valence-corrected chi connectivity index (χ1v) is 7.85. The number of hydrogen-bond donors (Lipinski definition) is 1. The Morgan fingerprint density at radius 2 is 2.05 bits per heavy atom. The van der Waals surface area contributed by atoms with Crippen LogP contribution in [0.5, 0.6) is 0 Å². The third kappa shape index (κ3) is 2.91. The van der Waals surface area contributed by atoms with Gasteiger partial charge in [-0.05, 0) is 30.9 Å². The first-order chi connectivity index (χ1) is 10.2. The zero-order valence-corrected chi connectivity index (χ0v) is 13.1. The van der Waals surface area contributed by atoms with E-state index >= 15 is 0 Å². The monoisotopic (exact) mass is 287 g/mol. The van der Waals surface area contributed by atoms with Crippen molar-refractivity contribution < 1.29 is 4.74 Å². The minimum absolute atomic E-state index is 0.162. The molecule has 1 aromatic carbocycles. The maximum Gasteiger partial charge on any atom is 0.193 e. The van der Waals surface area contributed by atoms with Gasteiger partial charge in [-0.3, -0.25) is 4.99 Å². The number of hydrogen-bond acceptors (Lipinski definition) is 4. The highest BCUT2D eigenvalue weighted by atomic mass is 16.5. The van der Waals surface area contributed by atoms with Gasteiger partial charge in [0.1, 0.15) is 0 Å². The predicted octanol–water partition coefficient (Wildman–Crippen LogP) is 1.93. The molecule has 1 fully saturated rings. The molecule has 0 unspecified atom stereocenters. The topological polar surface area (TPSA) is 36.9 Å². The van der Waals surface area contributed by atoms with Crippen LogP contribution < -0.4 is 5.32 Å². The van der Waals surface area contributed by atoms with Gasteiger partial charge in [-0.25, -0.2) is 0 Å². The molecule has 21 heavy (non-hydrogen) atoms. The number of likely N-dealkylation sites (N-methyl/N-ethyl adjacent to an activating group) is 1. The summed E-state index contributed by atoms with van der Waals surface area (Å²) in [7, 11) is 2.10. The number of nitrogens with zero attached hydrogens (tertiary/aromatic N) is 2. The Morgan fingerprint density at radius 1 is 1.29 bits per heavy atom. The van der Waals surface area contributed by atoms with E-state index in [0.29, 0.717) is 0 Å². The van der Waals surface area contributed by atoms with Crippen LogP contribution in [0.15, 0.2) is 29.3 Å². The Bertz CT molecular complexity index is 521. The third-order valence-corrected chi connectivity index (χ3v) is 4.81. The van der Waals surface area contributed by atoms with E-state index in [1.165, 1.54) is 11.1 Å². The van der Waals surface area contributed by atoms with Gasteiger partial charge < -0.3 is 15.0 Å². The second kappa shape index (κ2) is 6.06. The quantitative estimate of drug-likeness (QED) is 0.923. The minimum Gasteiger partial charge on any atom is -0.381 e. The molecule has 114 valence electrons. The lowest BCUT2D eigenvalue weighted by atomic mass is 9.72. The molecule has 4 heteroatoms. The minimum atomic E-state index is 0.162. The standard InChI is InChI=1S/C17H25N3O/c1-14-5-3-4-6-15(14)17(7-11-21-12-8-17)13-19-16-18-9-10-20(16)2/h3-6H,7-13H2,1-2H3,(H,18,19). The Balaban J connectivity index is 1.82. The van der Waals surface area contributed by atoms with Crippen molar-refractivity contribution in [2.45, 2.75) is 25.2 Å². The van der Waals surface area contributed by atoms with Gasteiger partial charge in [-0.1, -0.05) is 24.3 Å². The molecule has 0 spiro atoms. The summed E-state index contributed by atoms with van der Waals surface area (Å²) in [5.74, 6) is 1.04. The molecule has 1 saturated heterocycles. The summed E-state index contributed by atoms with van der Waals surface area (Å²) in [5.41, 5.74) is 3.00. The average molecular weight is 287 g/mol. The van der Waals surface area contributed by atoms with E-state index in [0.717, 1.165) is 51.6 Å². The molecule has 2 aliphatic rings. The number of rotatable bonds is 3. The Hall–Kier alpha value is -1.55. The van der Waals surface area contributed by atoms with Gasteiger partial charge in [-0.15, -0.1) is 0 Å². The second-order valence-electron chi connectivity index (χ2n) is 6.19. The van der Waals surface area contributed by atoms with Crippen LogP contribution >= 0.6 is 0 Å². The number of guanidine groups is 1. The molecule has 0 amide bonds. The number of aryl methyl sites for hydroxylation is 1. The van der Waals surface area contributed by atoms with Crippen molar-refractivity contribution in [3.8, 4) is 0 Å². The summed E-state index contributed by atoms with van der Waals surface area (Å²) >= 11 is 0. The summed E-state index contributed by atoms with van der Waals surface area (Å²) in [4.78, 5) is 6.75. The summed E-state index contributed by atoms with van der Waals surface area (Å²) in [6.07, 6.45) is 2.14. The van der Waals surface area contributed by atoms with Crippen molar-refractivity contribution in [1.82, 2.24) is 10.2 Å². The van der Waals surface area contributed by atoms with Gasteiger partial charge in [-0.2, -0.15) is 0 Å². The first kappa shape index (κ1) is 14.4. The van der Waals surface area contributed by atoms with Crippen molar-refractivity contribution in [3.05, 3.63) is 35.4 Å². The summed E-state index contributed by atoms with van der Waals surface area (Å²) in [5, 5.41) is 3.59. The number of nitrogens with one attached hydrogen (secondary N) is 1. The van der Waals surface area contributed by atoms with Gasteiger partial charge >= 0.3 is 0 Å². The highest BCUT2D eigenvalue weighted by Crippen LogP contribution is 2.36. The number of ether oxygens (including phenoxy) is 1. The first-order valence-electron chi connectivity index (χ1n) is 7.85. The average Bonchev–Trinajstić information content (AvgIpc) is 2.92. The molecule has 2 aliphatic heterocycles. The second-order valence-corrected chi connectivity index (χ2v) is 6.19. The van der Waals surface area contributed by atoms with Gasteiger partial charge in [0, 0.05) is 38.8 Å². The van der Waals surface area contributed by atoms with Crippen molar-refractivity contribution in [2.24, 2.45) is 4.99 Å². The van der Waals surface area contributed by atoms with Crippen LogP contribution in [0.25, 0.3) is 0 Å². The van der Waals surface area contributed by atoms with E-state index in [9.17, 15) is 0 Å². The molecule has 0 radical (unpaired) electrons. The number of benzene rings is 1. The molecular weight excluding hydrogens is 262 g/mol. The normalized spacial score (nSPS) is 21.2. The Kier molecular flexibility index (Phi) is 4.15. The molecule has 1 aromatic rings. The van der Waals surface area contributed by atoms with E-state index in [1.807, 2.05) is 0 Å². The number of aliphatic imine (C=N–C) groups is 1. The lowest BCUT2D eigenvalue weighted by Gasteiger charge is -2.39. The fourth-order valence-corrected chi connectivity index (χ4v) is 3.44. The fourth-order valence-electron chi connectivity index (χ4n) is 3.44. The molecular formula is C17H25N3O. The van der Waals surface area contributed by atoms with Gasteiger partial charge in [0.25, 0.3) is 0 Å². The van der Waals surface area contributed by atoms with Crippen LogP contribution in [0.2, 0.25) is 0 Å². The van der Waals surface area contributed by atoms with E-state index in [-0.39, 0.29) is 5.41 Å². The summed E-state index contributed by atoms with van der Waals surface area (Å²) in [6.45, 7) is 6.76. The SMILES string of the molecule is Cc1ccccc1C1(CNC2=NCCN2C)CCOCC1. The lowest BCUT2D eigenvalue weighted by molar-refractivity contribution is 0.0510. The van der Waals surface area contributed by atoms with Crippen LogP contribution in [-0.4, -0.2) is 50.8 Å². The van der Waals surface area contributed by atoms with E-state index in [1.54, 1.807) is 0 Å². The van der Waals surface area contributed by atoms with Crippen molar-refractivity contribution in [3.63, 3.8) is 0 Å². The molecule has 0 atom stereocenters. The van der Waals surface area contributed by atoms with Crippen LogP contribution in [0, 0.1) is 6.92 Å². The predicted molar refractivity (Wildman–Crippen MR) is 85.8 cm³/mol. The van der Waals surface area contributed by atoms with Crippen molar-refractivity contribution in [2.75, 3.05) is 39.9 Å². The van der Waals surface area contributed by atoms with Crippen LogP contribution in [0.1, 0.15) is 24.0 Å². The largest absolute Gasteiger partial charge is 0.381 e. The molecule has 1 N–H and O–H groups in total. The van der Waals surface area contributed by atoms with Crippen molar-refractivity contribution in [1.29, 1.82) is 0 Å². The van der Waals surface area contributed by atoms with Gasteiger partial charge in [0.2, 0.25) is 0 Å². The lowest BCUT2D eigenvalue weighted by Crippen LogP contribution is -2.47. The zero-order chi connectivity index (χ0) is 14.7. The third-order valence-electron chi connectivity index (χ3n) is 4.81. The van der Waals surface area contributed by atoms with E-state index < -0.39 is 0 Å². The van der Waals surface area contributed by atoms with Crippen LogP contribution in [-0.2, 0) is 10.2 Å². The van der Waals surface area contributed by atoms with Gasteiger partial charge in [0.05, 0.1) is 6.54 Å². The zero-order valence-electron chi connectivity index (χ0n) is 13.1. The Morgan fingerprint density at radius 3 is 2.71 bits per heavy atom. The van der Waals surface area contributed by atoms with Crippen LogP contribution in [0.4, 0.5) is 0 Å². The van der Waals surface area contributed by atoms with Gasteiger partial charge in [0.15, 0.2) is 5.96 Å². The van der Waals surface area contributed by atoms with E-state index in [4.69, 9.17) is 4.74 Å². The van der Waals surface area contributed by atoms with E-state index in [2.05, 4.69) is 53.4 Å². The highest BCUT2D eigenvalue weighted by molar-refractivity contribution is 5.81. The Labute approximate surface area is 127 Å². The molecule has 0 saturated carbocycles. The molecule has 4 nitrogen and oxygen atoms in total. The molecule has 0 bridgehead atoms. The molecule has 3 rings (SSSR count).